The van der Waals surface area contributed by atoms with Crippen LogP contribution in [-0.2, 0) is 38.1 Å². The van der Waals surface area contributed by atoms with Crippen LogP contribution in [0.1, 0.15) is 67.2 Å². The van der Waals surface area contributed by atoms with Crippen molar-refractivity contribution in [3.8, 4) is 0 Å². The van der Waals surface area contributed by atoms with Gasteiger partial charge in [-0.2, -0.15) is 16.8 Å². The summed E-state index contributed by atoms with van der Waals surface area (Å²) in [6, 6.07) is -1.41. The van der Waals surface area contributed by atoms with E-state index < -0.39 is 55.7 Å². The molecule has 2 atom stereocenters. The maximum absolute atomic E-state index is 12.4. The van der Waals surface area contributed by atoms with Crippen molar-refractivity contribution < 1.29 is 44.3 Å². The molecule has 2 amide bonds. The van der Waals surface area contributed by atoms with Crippen LogP contribution < -0.4 is 10.6 Å². The van der Waals surface area contributed by atoms with Crippen molar-refractivity contribution in [2.75, 3.05) is 25.7 Å². The van der Waals surface area contributed by atoms with Crippen molar-refractivity contribution in [3.63, 3.8) is 0 Å². The summed E-state index contributed by atoms with van der Waals surface area (Å²) in [7, 11) is -7.27. The Morgan fingerprint density at radius 1 is 0.676 bits per heavy atom. The van der Waals surface area contributed by atoms with Gasteiger partial charge in [-0.05, 0) is 67.2 Å². The van der Waals surface area contributed by atoms with Crippen LogP contribution in [0.15, 0.2) is 0 Å². The van der Waals surface area contributed by atoms with Crippen LogP contribution in [0, 0.1) is 0 Å². The van der Waals surface area contributed by atoms with Crippen molar-refractivity contribution >= 4 is 32.4 Å². The van der Waals surface area contributed by atoms with E-state index in [2.05, 4.69) is 10.6 Å². The highest BCUT2D eigenvalue weighted by atomic mass is 32.2. The van der Waals surface area contributed by atoms with Gasteiger partial charge in [-0.3, -0.25) is 8.37 Å². The first-order chi connectivity index (χ1) is 15.2. The Kier molecular flexibility index (Phi) is 12.8. The molecule has 12 nitrogen and oxygen atoms in total. The number of hydrogen-bond acceptors (Lipinski definition) is 10. The standard InChI is InChI=1S/C20H40N2O10S2/c1-19(2,3)31-17(23)21-15(11-9-13-29-33(7,25)26)16(12-10-14-30-34(8,27)28)22-18(24)32-20(4,5)6/h15-16H,9-14H2,1-8H3,(H,21,23)(H,22,24)/t15-,16-/m1/s1. The van der Waals surface area contributed by atoms with Crippen LogP contribution in [-0.4, -0.2) is 78.0 Å². The minimum Gasteiger partial charge on any atom is -0.444 e. The summed E-state index contributed by atoms with van der Waals surface area (Å²) in [5.41, 5.74) is -1.54. The molecule has 0 aliphatic rings. The van der Waals surface area contributed by atoms with Gasteiger partial charge in [-0.15, -0.1) is 0 Å². The maximum Gasteiger partial charge on any atom is 0.407 e. The minimum atomic E-state index is -3.64. The van der Waals surface area contributed by atoms with E-state index in [1.54, 1.807) is 41.5 Å². The fourth-order valence-corrected chi connectivity index (χ4v) is 3.53. The number of hydrogen-bond donors (Lipinski definition) is 2. The predicted molar refractivity (Wildman–Crippen MR) is 126 cm³/mol. The lowest BCUT2D eigenvalue weighted by Crippen LogP contribution is -2.53. The van der Waals surface area contributed by atoms with Crippen molar-refractivity contribution in [2.45, 2.75) is 90.5 Å². The van der Waals surface area contributed by atoms with E-state index in [0.29, 0.717) is 0 Å². The Morgan fingerprint density at radius 3 is 1.21 bits per heavy atom. The second-order valence-corrected chi connectivity index (χ2v) is 13.1. The Bertz CT molecular complexity index is 787. The van der Waals surface area contributed by atoms with Crippen LogP contribution in [0.3, 0.4) is 0 Å². The zero-order valence-corrected chi connectivity index (χ0v) is 22.9. The summed E-state index contributed by atoms with van der Waals surface area (Å²) in [6.07, 6.45) is 1.31. The zero-order valence-electron chi connectivity index (χ0n) is 21.3. The molecule has 0 fully saturated rings. The monoisotopic (exact) mass is 532 g/mol. The first-order valence-corrected chi connectivity index (χ1v) is 14.5. The molecule has 14 heteroatoms. The third kappa shape index (κ3) is 19.8. The first-order valence-electron chi connectivity index (χ1n) is 10.8. The quantitative estimate of drug-likeness (QED) is 0.266. The lowest BCUT2D eigenvalue weighted by molar-refractivity contribution is 0.0417. The molecule has 0 aliphatic heterocycles. The topological polar surface area (TPSA) is 163 Å². The highest BCUT2D eigenvalue weighted by Crippen LogP contribution is 2.15. The number of ether oxygens (including phenoxy) is 2. The third-order valence-corrected chi connectivity index (χ3v) is 4.99. The van der Waals surface area contributed by atoms with Gasteiger partial charge in [-0.25, -0.2) is 9.59 Å². The van der Waals surface area contributed by atoms with Gasteiger partial charge in [0.2, 0.25) is 0 Å². The third-order valence-electron chi connectivity index (χ3n) is 3.80. The molecule has 34 heavy (non-hydrogen) atoms. The molecule has 0 spiro atoms. The fourth-order valence-electron chi connectivity index (χ4n) is 2.69. The van der Waals surface area contributed by atoms with E-state index >= 15 is 0 Å². The molecule has 0 heterocycles. The Morgan fingerprint density at radius 2 is 0.971 bits per heavy atom. The van der Waals surface area contributed by atoms with Gasteiger partial charge in [0.15, 0.2) is 0 Å². The highest BCUT2D eigenvalue weighted by molar-refractivity contribution is 7.86. The first kappa shape index (κ1) is 32.4. The van der Waals surface area contributed by atoms with E-state index in [1.165, 1.54) is 0 Å². The zero-order chi connectivity index (χ0) is 26.8. The molecular weight excluding hydrogens is 492 g/mol. The highest BCUT2D eigenvalue weighted by Gasteiger charge is 2.29. The summed E-state index contributed by atoms with van der Waals surface area (Å²) in [4.78, 5) is 24.9. The molecule has 0 unspecified atom stereocenters. The van der Waals surface area contributed by atoms with Crippen molar-refractivity contribution in [3.05, 3.63) is 0 Å². The molecule has 0 bridgehead atoms. The lowest BCUT2D eigenvalue weighted by Gasteiger charge is -2.31. The molecule has 0 rings (SSSR count). The molecule has 2 N–H and O–H groups in total. The summed E-state index contributed by atoms with van der Waals surface area (Å²) >= 11 is 0. The van der Waals surface area contributed by atoms with E-state index in [0.717, 1.165) is 12.5 Å². The molecule has 0 aromatic heterocycles. The summed E-state index contributed by atoms with van der Waals surface area (Å²) in [6.45, 7) is 9.92. The number of rotatable bonds is 13. The predicted octanol–water partition coefficient (Wildman–Crippen LogP) is 2.29. The van der Waals surface area contributed by atoms with E-state index in [9.17, 15) is 26.4 Å². The summed E-state index contributed by atoms with van der Waals surface area (Å²) in [5.74, 6) is 0. The molecule has 202 valence electrons. The van der Waals surface area contributed by atoms with E-state index in [4.69, 9.17) is 17.8 Å². The summed E-state index contributed by atoms with van der Waals surface area (Å²) in [5, 5.41) is 5.40. The Hall–Kier alpha value is -1.64. The van der Waals surface area contributed by atoms with Gasteiger partial charge in [0, 0.05) is 0 Å². The van der Waals surface area contributed by atoms with Crippen LogP contribution in [0.4, 0.5) is 9.59 Å². The van der Waals surface area contributed by atoms with Crippen LogP contribution in [0.5, 0.6) is 0 Å². The van der Waals surface area contributed by atoms with Gasteiger partial charge >= 0.3 is 12.2 Å². The van der Waals surface area contributed by atoms with Crippen molar-refractivity contribution in [2.24, 2.45) is 0 Å². The number of alkyl carbamates (subject to hydrolysis) is 2. The van der Waals surface area contributed by atoms with Gasteiger partial charge < -0.3 is 20.1 Å². The average molecular weight is 533 g/mol. The van der Waals surface area contributed by atoms with Crippen LogP contribution in [0.2, 0.25) is 0 Å². The molecule has 0 saturated carbocycles. The second-order valence-electron chi connectivity index (χ2n) is 9.84. The summed E-state index contributed by atoms with van der Waals surface area (Å²) < 4.78 is 65.1. The number of carbonyl (C=O) groups is 2. The molecule has 0 aromatic carbocycles. The smallest absolute Gasteiger partial charge is 0.407 e. The SMILES string of the molecule is CC(C)(C)OC(=O)N[C@H](CCCOS(C)(=O)=O)[C@@H](CCCOS(C)(=O)=O)NC(=O)OC(C)(C)C. The van der Waals surface area contributed by atoms with Gasteiger partial charge in [0.25, 0.3) is 20.2 Å². The molecule has 0 aliphatic carbocycles. The van der Waals surface area contributed by atoms with Gasteiger partial charge in [0.1, 0.15) is 11.2 Å². The number of carbonyl (C=O) groups excluding carboxylic acids is 2. The van der Waals surface area contributed by atoms with Crippen molar-refractivity contribution in [1.82, 2.24) is 10.6 Å². The van der Waals surface area contributed by atoms with Gasteiger partial charge in [0.05, 0.1) is 37.8 Å². The second kappa shape index (κ2) is 13.4. The van der Waals surface area contributed by atoms with Crippen LogP contribution >= 0.6 is 0 Å². The molecule has 0 saturated heterocycles. The van der Waals surface area contributed by atoms with E-state index in [1.807, 2.05) is 0 Å². The van der Waals surface area contributed by atoms with Crippen molar-refractivity contribution in [1.29, 1.82) is 0 Å². The molecule has 0 radical (unpaired) electrons. The Labute approximate surface area is 203 Å². The molecule has 0 aromatic rings. The van der Waals surface area contributed by atoms with Crippen LogP contribution in [0.25, 0.3) is 0 Å². The largest absolute Gasteiger partial charge is 0.444 e. The number of amides is 2. The fraction of sp³-hybridized carbons (Fsp3) is 0.900. The van der Waals surface area contributed by atoms with E-state index in [-0.39, 0.29) is 38.9 Å². The van der Waals surface area contributed by atoms with Gasteiger partial charge in [-0.1, -0.05) is 0 Å². The minimum absolute atomic E-state index is 0.123. The molecular formula is C20H40N2O10S2. The maximum atomic E-state index is 12.4. The normalized spacial score (nSPS) is 14.7. The lowest BCUT2D eigenvalue weighted by atomic mass is 9.98. The number of nitrogens with one attached hydrogen (secondary N) is 2. The Balaban J connectivity index is 5.55. The average Bonchev–Trinajstić information content (AvgIpc) is 2.55.